The number of aromatic nitrogens is 3. The monoisotopic (exact) mass is 349 g/mol. The smallest absolute Gasteiger partial charge is 0.313 e. The standard InChI is InChI=1S/C11H12ClN3O4S2/c1-21(18,19)3-2-15-10-8(4-7(12)5-13-10)14-11(15)20-6-9(16)17/h4-5H,2-3,6H2,1H3,(H,16,17). The number of imidazole rings is 1. The predicted octanol–water partition coefficient (Wildman–Crippen LogP) is 1.31. The van der Waals surface area contributed by atoms with Crippen molar-refractivity contribution in [1.29, 1.82) is 0 Å². The van der Waals surface area contributed by atoms with Crippen molar-refractivity contribution in [3.05, 3.63) is 17.3 Å². The number of aryl methyl sites for hydroxylation is 1. The molecule has 0 atom stereocenters. The van der Waals surface area contributed by atoms with E-state index in [4.69, 9.17) is 16.7 Å². The molecule has 2 heterocycles. The molecule has 0 aliphatic heterocycles. The van der Waals surface area contributed by atoms with Crippen LogP contribution in [0.2, 0.25) is 5.02 Å². The largest absolute Gasteiger partial charge is 0.481 e. The molecule has 0 unspecified atom stereocenters. The normalized spacial score (nSPS) is 11.9. The molecule has 2 aromatic rings. The lowest BCUT2D eigenvalue weighted by Gasteiger charge is -2.06. The van der Waals surface area contributed by atoms with Gasteiger partial charge in [0.05, 0.1) is 16.5 Å². The third kappa shape index (κ3) is 4.32. The lowest BCUT2D eigenvalue weighted by atomic mass is 10.4. The van der Waals surface area contributed by atoms with Gasteiger partial charge in [0.2, 0.25) is 0 Å². The van der Waals surface area contributed by atoms with E-state index in [0.717, 1.165) is 18.0 Å². The molecule has 0 saturated carbocycles. The molecule has 0 fully saturated rings. The number of hydrogen-bond donors (Lipinski definition) is 1. The lowest BCUT2D eigenvalue weighted by molar-refractivity contribution is -0.133. The Hall–Kier alpha value is -1.32. The van der Waals surface area contributed by atoms with E-state index >= 15 is 0 Å². The Bertz CT molecular complexity index is 788. The number of fused-ring (bicyclic) bond motifs is 1. The summed E-state index contributed by atoms with van der Waals surface area (Å²) in [5, 5.41) is 9.57. The Morgan fingerprint density at radius 1 is 1.52 bits per heavy atom. The molecule has 2 rings (SSSR count). The molecular formula is C11H12ClN3O4S2. The third-order valence-electron chi connectivity index (χ3n) is 2.53. The third-order valence-corrected chi connectivity index (χ3v) is 4.62. The van der Waals surface area contributed by atoms with E-state index in [0.29, 0.717) is 21.3 Å². The highest BCUT2D eigenvalue weighted by Crippen LogP contribution is 2.24. The molecule has 0 aliphatic rings. The van der Waals surface area contributed by atoms with Crippen LogP contribution in [-0.2, 0) is 21.2 Å². The van der Waals surface area contributed by atoms with Crippen LogP contribution in [0.3, 0.4) is 0 Å². The van der Waals surface area contributed by atoms with Gasteiger partial charge in [-0.15, -0.1) is 0 Å². The van der Waals surface area contributed by atoms with Crippen molar-refractivity contribution in [2.75, 3.05) is 17.8 Å². The molecule has 0 spiro atoms. The van der Waals surface area contributed by atoms with Gasteiger partial charge in [-0.3, -0.25) is 4.79 Å². The van der Waals surface area contributed by atoms with Gasteiger partial charge in [-0.2, -0.15) is 0 Å². The molecule has 0 bridgehead atoms. The van der Waals surface area contributed by atoms with E-state index in [1.54, 1.807) is 10.6 Å². The van der Waals surface area contributed by atoms with Crippen LogP contribution in [0, 0.1) is 0 Å². The number of halogens is 1. The van der Waals surface area contributed by atoms with Gasteiger partial charge in [-0.1, -0.05) is 23.4 Å². The Labute approximate surface area is 130 Å². The van der Waals surface area contributed by atoms with Crippen molar-refractivity contribution in [2.24, 2.45) is 0 Å². The predicted molar refractivity (Wildman–Crippen MR) is 80.6 cm³/mol. The van der Waals surface area contributed by atoms with Crippen molar-refractivity contribution < 1.29 is 18.3 Å². The van der Waals surface area contributed by atoms with Crippen LogP contribution in [-0.4, -0.2) is 51.8 Å². The van der Waals surface area contributed by atoms with Crippen molar-refractivity contribution in [2.45, 2.75) is 11.7 Å². The molecule has 114 valence electrons. The number of carbonyl (C=O) groups is 1. The van der Waals surface area contributed by atoms with Gasteiger partial charge in [-0.25, -0.2) is 18.4 Å². The average molecular weight is 350 g/mol. The first-order valence-electron chi connectivity index (χ1n) is 5.80. The summed E-state index contributed by atoms with van der Waals surface area (Å²) in [5.41, 5.74) is 0.986. The highest BCUT2D eigenvalue weighted by molar-refractivity contribution is 7.99. The van der Waals surface area contributed by atoms with E-state index in [1.165, 1.54) is 6.20 Å². The number of carboxylic acid groups (broad SMARTS) is 1. The van der Waals surface area contributed by atoms with E-state index in [2.05, 4.69) is 9.97 Å². The van der Waals surface area contributed by atoms with E-state index in [9.17, 15) is 13.2 Å². The number of thioether (sulfide) groups is 1. The van der Waals surface area contributed by atoms with Gasteiger partial charge in [0.25, 0.3) is 0 Å². The number of pyridine rings is 1. The summed E-state index contributed by atoms with van der Waals surface area (Å²) >= 11 is 6.86. The Morgan fingerprint density at radius 2 is 2.24 bits per heavy atom. The first-order valence-corrected chi connectivity index (χ1v) is 9.23. The summed E-state index contributed by atoms with van der Waals surface area (Å²) in [4.78, 5) is 19.1. The molecule has 2 aromatic heterocycles. The fourth-order valence-corrected chi connectivity index (χ4v) is 3.08. The van der Waals surface area contributed by atoms with Crippen LogP contribution in [0.4, 0.5) is 0 Å². The number of hydrogen-bond acceptors (Lipinski definition) is 6. The minimum Gasteiger partial charge on any atom is -0.481 e. The molecule has 1 N–H and O–H groups in total. The molecular weight excluding hydrogens is 338 g/mol. The van der Waals surface area contributed by atoms with Gasteiger partial charge in [0.1, 0.15) is 15.4 Å². The second-order valence-corrected chi connectivity index (χ2v) is 7.99. The van der Waals surface area contributed by atoms with Gasteiger partial charge >= 0.3 is 5.97 Å². The molecule has 0 amide bonds. The molecule has 0 radical (unpaired) electrons. The van der Waals surface area contributed by atoms with Crippen molar-refractivity contribution >= 4 is 50.3 Å². The molecule has 7 nitrogen and oxygen atoms in total. The summed E-state index contributed by atoms with van der Waals surface area (Å²) in [6.07, 6.45) is 2.58. The Morgan fingerprint density at radius 3 is 2.86 bits per heavy atom. The average Bonchev–Trinajstić information content (AvgIpc) is 2.69. The van der Waals surface area contributed by atoms with E-state index < -0.39 is 15.8 Å². The zero-order valence-electron chi connectivity index (χ0n) is 11.0. The van der Waals surface area contributed by atoms with Crippen LogP contribution in [0.15, 0.2) is 17.4 Å². The van der Waals surface area contributed by atoms with Crippen LogP contribution in [0.25, 0.3) is 11.2 Å². The highest BCUT2D eigenvalue weighted by atomic mass is 35.5. The SMILES string of the molecule is CS(=O)(=O)CCn1c(SCC(=O)O)nc2cc(Cl)cnc21. The zero-order chi connectivity index (χ0) is 15.6. The van der Waals surface area contributed by atoms with Crippen LogP contribution in [0.1, 0.15) is 0 Å². The van der Waals surface area contributed by atoms with Gasteiger partial charge in [0.15, 0.2) is 10.8 Å². The first-order chi connectivity index (χ1) is 9.76. The first kappa shape index (κ1) is 16.1. The fraction of sp³-hybridized carbons (Fsp3) is 0.364. The number of rotatable bonds is 6. The summed E-state index contributed by atoms with van der Waals surface area (Å²) < 4.78 is 24.2. The summed E-state index contributed by atoms with van der Waals surface area (Å²) in [7, 11) is -3.15. The van der Waals surface area contributed by atoms with E-state index in [-0.39, 0.29) is 18.1 Å². The van der Waals surface area contributed by atoms with Crippen molar-refractivity contribution in [3.63, 3.8) is 0 Å². The maximum atomic E-state index is 11.3. The zero-order valence-corrected chi connectivity index (χ0v) is 13.4. The maximum absolute atomic E-state index is 11.3. The summed E-state index contributed by atoms with van der Waals surface area (Å²) in [6.45, 7) is 0.159. The van der Waals surface area contributed by atoms with Crippen molar-refractivity contribution in [1.82, 2.24) is 14.5 Å². The molecule has 0 saturated heterocycles. The number of aliphatic carboxylic acids is 1. The molecule has 10 heteroatoms. The lowest BCUT2D eigenvalue weighted by Crippen LogP contribution is -2.12. The van der Waals surface area contributed by atoms with Crippen LogP contribution < -0.4 is 0 Å². The highest BCUT2D eigenvalue weighted by Gasteiger charge is 2.15. The second kappa shape index (κ2) is 6.20. The second-order valence-electron chi connectivity index (χ2n) is 4.35. The van der Waals surface area contributed by atoms with E-state index in [1.807, 2.05) is 0 Å². The van der Waals surface area contributed by atoms with Gasteiger partial charge in [-0.05, 0) is 6.07 Å². The minimum absolute atomic E-state index is 0.0800. The quantitative estimate of drug-likeness (QED) is 0.784. The number of nitrogens with zero attached hydrogens (tertiary/aromatic N) is 3. The topological polar surface area (TPSA) is 102 Å². The Kier molecular flexibility index (Phi) is 4.74. The maximum Gasteiger partial charge on any atom is 0.313 e. The van der Waals surface area contributed by atoms with Crippen molar-refractivity contribution in [3.8, 4) is 0 Å². The number of carboxylic acids is 1. The number of sulfone groups is 1. The summed E-state index contributed by atoms with van der Waals surface area (Å²) in [6, 6.07) is 1.60. The molecule has 21 heavy (non-hydrogen) atoms. The van der Waals surface area contributed by atoms with Crippen LogP contribution >= 0.6 is 23.4 Å². The van der Waals surface area contributed by atoms with Gasteiger partial charge < -0.3 is 9.67 Å². The Balaban J connectivity index is 2.41. The minimum atomic E-state index is -3.15. The molecule has 0 aromatic carbocycles. The van der Waals surface area contributed by atoms with Crippen LogP contribution in [0.5, 0.6) is 0 Å². The summed E-state index contributed by atoms with van der Waals surface area (Å²) in [5.74, 6) is -1.23. The van der Waals surface area contributed by atoms with Gasteiger partial charge in [0, 0.05) is 19.0 Å². The fourth-order valence-electron chi connectivity index (χ4n) is 1.66. The molecule has 0 aliphatic carbocycles.